The van der Waals surface area contributed by atoms with E-state index in [4.69, 9.17) is 4.74 Å². The molecule has 0 aliphatic rings. The number of imidazole rings is 1. The molecule has 1 N–H and O–H groups in total. The predicted molar refractivity (Wildman–Crippen MR) is 146 cm³/mol. The van der Waals surface area contributed by atoms with E-state index in [9.17, 15) is 14.0 Å². The molecule has 0 saturated carbocycles. The Kier molecular flexibility index (Phi) is 8.21. The van der Waals surface area contributed by atoms with E-state index in [0.717, 1.165) is 22.6 Å². The van der Waals surface area contributed by atoms with Gasteiger partial charge in [-0.3, -0.25) is 19.5 Å². The van der Waals surface area contributed by atoms with Gasteiger partial charge in [0.25, 0.3) is 5.91 Å². The van der Waals surface area contributed by atoms with Gasteiger partial charge in [0.2, 0.25) is 11.9 Å². The number of ether oxygens (including phenoxy) is 1. The minimum Gasteiger partial charge on any atom is -0.497 e. The number of rotatable bonds is 9. The second-order valence-electron chi connectivity index (χ2n) is 9.49. The van der Waals surface area contributed by atoms with Gasteiger partial charge < -0.3 is 9.64 Å². The fourth-order valence-corrected chi connectivity index (χ4v) is 4.07. The maximum atomic E-state index is 14.3. The van der Waals surface area contributed by atoms with Crippen LogP contribution < -0.4 is 10.1 Å². The number of nitrogens with one attached hydrogen (secondary N) is 1. The number of halogens is 1. The lowest BCUT2D eigenvalue weighted by molar-refractivity contribution is -0.117. The van der Waals surface area contributed by atoms with Crippen molar-refractivity contribution in [3.05, 3.63) is 95.9 Å². The number of amides is 2. The Hall–Kier alpha value is -4.46. The van der Waals surface area contributed by atoms with E-state index < -0.39 is 17.6 Å². The molecule has 3 aromatic carbocycles. The third kappa shape index (κ3) is 6.26. The Morgan fingerprint density at radius 2 is 1.71 bits per heavy atom. The van der Waals surface area contributed by atoms with Crippen LogP contribution in [0.4, 0.5) is 10.3 Å². The molecule has 38 heavy (non-hydrogen) atoms. The molecule has 4 aromatic rings. The lowest BCUT2D eigenvalue weighted by Gasteiger charge is -2.24. The number of carbonyl (C=O) groups excluding carboxylic acids is 2. The lowest BCUT2D eigenvalue weighted by Crippen LogP contribution is -2.40. The van der Waals surface area contributed by atoms with Crippen LogP contribution in [0.3, 0.4) is 0 Å². The van der Waals surface area contributed by atoms with Crippen LogP contribution >= 0.6 is 0 Å². The van der Waals surface area contributed by atoms with E-state index in [-0.39, 0.29) is 18.0 Å². The summed E-state index contributed by atoms with van der Waals surface area (Å²) in [7, 11) is 1.61. The summed E-state index contributed by atoms with van der Waals surface area (Å²) in [5, 5.41) is 2.86. The number of aromatic nitrogens is 2. The zero-order valence-electron chi connectivity index (χ0n) is 21.9. The Labute approximate surface area is 221 Å². The highest BCUT2D eigenvalue weighted by atomic mass is 19.1. The van der Waals surface area contributed by atoms with Crippen molar-refractivity contribution in [1.29, 1.82) is 0 Å². The van der Waals surface area contributed by atoms with Crippen molar-refractivity contribution in [2.24, 2.45) is 5.92 Å². The topological polar surface area (TPSA) is 76.5 Å². The Bertz CT molecular complexity index is 1410. The largest absolute Gasteiger partial charge is 0.497 e. The average molecular weight is 515 g/mol. The number of hydrogen-bond donors (Lipinski definition) is 1. The van der Waals surface area contributed by atoms with Gasteiger partial charge in [0, 0.05) is 24.0 Å². The summed E-state index contributed by atoms with van der Waals surface area (Å²) in [5.41, 5.74) is 3.36. The van der Waals surface area contributed by atoms with E-state index in [0.29, 0.717) is 18.2 Å². The van der Waals surface area contributed by atoms with E-state index in [2.05, 4.69) is 10.3 Å². The van der Waals surface area contributed by atoms with Gasteiger partial charge in [-0.15, -0.1) is 0 Å². The van der Waals surface area contributed by atoms with Crippen molar-refractivity contribution in [3.8, 4) is 22.7 Å². The second kappa shape index (κ2) is 11.7. The summed E-state index contributed by atoms with van der Waals surface area (Å²) < 4.78 is 21.4. The first-order chi connectivity index (χ1) is 18.2. The van der Waals surface area contributed by atoms with Crippen molar-refractivity contribution in [2.45, 2.75) is 20.8 Å². The molecule has 0 saturated heterocycles. The van der Waals surface area contributed by atoms with Gasteiger partial charge in [0.1, 0.15) is 18.1 Å². The molecule has 0 atom stereocenters. The Morgan fingerprint density at radius 3 is 2.34 bits per heavy atom. The van der Waals surface area contributed by atoms with Gasteiger partial charge in [-0.05, 0) is 61.4 Å². The summed E-state index contributed by atoms with van der Waals surface area (Å²) in [6.45, 7) is 5.92. The second-order valence-corrected chi connectivity index (χ2v) is 9.49. The highest BCUT2D eigenvalue weighted by molar-refractivity contribution is 5.99. The molecular formula is C30H31FN4O3. The number of nitrogens with zero attached hydrogens (tertiary/aromatic N) is 3. The van der Waals surface area contributed by atoms with Gasteiger partial charge in [-0.2, -0.15) is 0 Å². The van der Waals surface area contributed by atoms with Gasteiger partial charge in [-0.1, -0.05) is 43.7 Å². The molecule has 7 nitrogen and oxygen atoms in total. The summed E-state index contributed by atoms with van der Waals surface area (Å²) in [4.78, 5) is 32.4. The molecule has 0 aliphatic carbocycles. The first-order valence-electron chi connectivity index (χ1n) is 12.4. The van der Waals surface area contributed by atoms with Crippen LogP contribution in [-0.4, -0.2) is 46.5 Å². The molecule has 1 aromatic heterocycles. The van der Waals surface area contributed by atoms with Crippen molar-refractivity contribution < 1.29 is 18.7 Å². The quantitative estimate of drug-likeness (QED) is 0.309. The number of hydrogen-bond acceptors (Lipinski definition) is 4. The van der Waals surface area contributed by atoms with Gasteiger partial charge in [0.15, 0.2) is 0 Å². The van der Waals surface area contributed by atoms with Crippen molar-refractivity contribution >= 4 is 17.8 Å². The minimum atomic E-state index is -0.620. The molecule has 0 radical (unpaired) electrons. The smallest absolute Gasteiger partial charge is 0.257 e. The third-order valence-corrected chi connectivity index (χ3v) is 5.97. The summed E-state index contributed by atoms with van der Waals surface area (Å²) in [5.74, 6) is -0.471. The molecule has 0 unspecified atom stereocenters. The molecule has 0 spiro atoms. The first kappa shape index (κ1) is 26.6. The highest BCUT2D eigenvalue weighted by Crippen LogP contribution is 2.26. The van der Waals surface area contributed by atoms with Crippen LogP contribution in [0.1, 0.15) is 29.8 Å². The summed E-state index contributed by atoms with van der Waals surface area (Å²) >= 11 is 0. The van der Waals surface area contributed by atoms with Crippen molar-refractivity contribution in [1.82, 2.24) is 14.5 Å². The van der Waals surface area contributed by atoms with Gasteiger partial charge in [-0.25, -0.2) is 9.37 Å². The van der Waals surface area contributed by atoms with Crippen LogP contribution in [0.25, 0.3) is 16.9 Å². The fourth-order valence-electron chi connectivity index (χ4n) is 4.07. The zero-order chi connectivity index (χ0) is 27.2. The van der Waals surface area contributed by atoms with Gasteiger partial charge in [0.05, 0.1) is 18.4 Å². The molecule has 8 heteroatoms. The molecule has 0 fully saturated rings. The zero-order valence-corrected chi connectivity index (χ0v) is 21.9. The van der Waals surface area contributed by atoms with E-state index in [1.807, 2.05) is 75.5 Å². The minimum absolute atomic E-state index is 0.0658. The number of carbonyl (C=O) groups is 2. The van der Waals surface area contributed by atoms with Crippen molar-refractivity contribution in [2.75, 3.05) is 25.5 Å². The molecule has 196 valence electrons. The van der Waals surface area contributed by atoms with E-state index in [1.54, 1.807) is 17.7 Å². The summed E-state index contributed by atoms with van der Waals surface area (Å²) in [6, 6.07) is 21.1. The normalized spacial score (nSPS) is 10.9. The predicted octanol–water partition coefficient (Wildman–Crippen LogP) is 5.73. The average Bonchev–Trinajstić information content (AvgIpc) is 3.32. The summed E-state index contributed by atoms with van der Waals surface area (Å²) in [6.07, 6.45) is 1.85. The van der Waals surface area contributed by atoms with E-state index in [1.165, 1.54) is 23.1 Å². The van der Waals surface area contributed by atoms with Crippen LogP contribution in [-0.2, 0) is 4.79 Å². The fraction of sp³-hybridized carbons (Fsp3) is 0.233. The number of anilines is 1. The SMILES string of the molecule is COc1ccc(-c2cn(-c3ccc(C)cc3)c(NC(=O)CN(CC(C)C)C(=O)c3ccccc3F)n2)cc1. The molecule has 0 bridgehead atoms. The maximum absolute atomic E-state index is 14.3. The maximum Gasteiger partial charge on any atom is 0.257 e. The molecule has 2 amide bonds. The highest BCUT2D eigenvalue weighted by Gasteiger charge is 2.23. The Balaban J connectivity index is 1.63. The van der Waals surface area contributed by atoms with Gasteiger partial charge >= 0.3 is 0 Å². The first-order valence-corrected chi connectivity index (χ1v) is 12.4. The standard InChI is InChI=1S/C30H31FN4O3/c1-20(2)17-34(29(37)25-7-5-6-8-26(25)31)19-28(36)33-30-32-27(22-11-15-24(38-4)16-12-22)18-35(30)23-13-9-21(3)10-14-23/h5-16,18,20H,17,19H2,1-4H3,(H,32,33,36). The Morgan fingerprint density at radius 1 is 1.03 bits per heavy atom. The molecule has 1 heterocycles. The van der Waals surface area contributed by atoms with Crippen LogP contribution in [0, 0.1) is 18.7 Å². The molecule has 4 rings (SSSR count). The molecule has 0 aliphatic heterocycles. The number of aryl methyl sites for hydroxylation is 1. The number of methoxy groups -OCH3 is 1. The van der Waals surface area contributed by atoms with E-state index >= 15 is 0 Å². The van der Waals surface area contributed by atoms with Crippen LogP contribution in [0.15, 0.2) is 79.0 Å². The lowest BCUT2D eigenvalue weighted by atomic mass is 10.1. The number of benzene rings is 3. The monoisotopic (exact) mass is 514 g/mol. The van der Waals surface area contributed by atoms with Crippen molar-refractivity contribution in [3.63, 3.8) is 0 Å². The van der Waals surface area contributed by atoms with Crippen LogP contribution in [0.5, 0.6) is 5.75 Å². The molecular weight excluding hydrogens is 483 g/mol. The van der Waals surface area contributed by atoms with Crippen LogP contribution in [0.2, 0.25) is 0 Å². The third-order valence-electron chi connectivity index (χ3n) is 5.97.